The van der Waals surface area contributed by atoms with Crippen LogP contribution in [0.25, 0.3) is 0 Å². The normalized spacial score (nSPS) is 13.0. The summed E-state index contributed by atoms with van der Waals surface area (Å²) >= 11 is 0. The summed E-state index contributed by atoms with van der Waals surface area (Å²) in [4.78, 5) is 3.83. The third kappa shape index (κ3) is 3.40. The van der Waals surface area contributed by atoms with Crippen LogP contribution in [0.3, 0.4) is 0 Å². The molecule has 0 saturated heterocycles. The highest BCUT2D eigenvalue weighted by Crippen LogP contribution is 1.93. The van der Waals surface area contributed by atoms with E-state index in [4.69, 9.17) is 5.73 Å². The lowest BCUT2D eigenvalue weighted by Gasteiger charge is -1.85. The molecule has 0 bridgehead atoms. The third-order valence-corrected chi connectivity index (χ3v) is 0.778. The van der Waals surface area contributed by atoms with Crippen molar-refractivity contribution in [3.8, 4) is 0 Å². The quantitative estimate of drug-likeness (QED) is 0.424. The molecule has 0 aliphatic rings. The molecule has 0 amide bonds. The highest BCUT2D eigenvalue weighted by molar-refractivity contribution is 5.53. The number of nitrogens with two attached hydrogens (primary N) is 1. The van der Waals surface area contributed by atoms with Gasteiger partial charge in [-0.05, 0) is 13.3 Å². The van der Waals surface area contributed by atoms with Gasteiger partial charge in [0.15, 0.2) is 0 Å². The van der Waals surface area contributed by atoms with Gasteiger partial charge in [-0.1, -0.05) is 13.0 Å². The lowest BCUT2D eigenvalue weighted by atomic mass is 10.4. The predicted octanol–water partition coefficient (Wildman–Crippen LogP) is 1.29. The van der Waals surface area contributed by atoms with Gasteiger partial charge in [-0.2, -0.15) is 0 Å². The fraction of sp³-hybridized carbons (Fsp3) is 0.500. The Balaban J connectivity index is 3.61. The fourth-order valence-electron chi connectivity index (χ4n) is 0.466. The standard InChI is InChI=1S/C6H12N2/c1-3-4-6(2)8-5-7/h4-5H,3H2,1-2H3,(H2,7,8)/b6-4-. The topological polar surface area (TPSA) is 38.4 Å². The Labute approximate surface area is 50.1 Å². The fourth-order valence-corrected chi connectivity index (χ4v) is 0.466. The number of hydrogen-bond acceptors (Lipinski definition) is 1. The molecule has 8 heavy (non-hydrogen) atoms. The van der Waals surface area contributed by atoms with Crippen LogP contribution < -0.4 is 5.73 Å². The molecule has 0 spiro atoms. The van der Waals surface area contributed by atoms with Crippen LogP contribution in [0.15, 0.2) is 16.8 Å². The van der Waals surface area contributed by atoms with E-state index in [1.165, 1.54) is 6.34 Å². The Hall–Kier alpha value is -0.790. The van der Waals surface area contributed by atoms with Crippen molar-refractivity contribution in [3.05, 3.63) is 11.8 Å². The second-order valence-corrected chi connectivity index (χ2v) is 1.53. The minimum atomic E-state index is 0.981. The maximum atomic E-state index is 5.03. The van der Waals surface area contributed by atoms with Gasteiger partial charge in [-0.3, -0.25) is 0 Å². The lowest BCUT2D eigenvalue weighted by molar-refractivity contribution is 1.16. The van der Waals surface area contributed by atoms with Crippen LogP contribution in [-0.4, -0.2) is 6.34 Å². The molecule has 2 nitrogen and oxygen atoms in total. The largest absolute Gasteiger partial charge is 0.390 e. The summed E-state index contributed by atoms with van der Waals surface area (Å²) in [5, 5.41) is 0. The highest BCUT2D eigenvalue weighted by Gasteiger charge is 1.75. The van der Waals surface area contributed by atoms with Gasteiger partial charge in [0.05, 0.1) is 6.34 Å². The van der Waals surface area contributed by atoms with Gasteiger partial charge in [0.1, 0.15) is 0 Å². The first kappa shape index (κ1) is 7.21. The van der Waals surface area contributed by atoms with E-state index >= 15 is 0 Å². The van der Waals surface area contributed by atoms with E-state index in [2.05, 4.69) is 11.9 Å². The summed E-state index contributed by atoms with van der Waals surface area (Å²) < 4.78 is 0. The third-order valence-electron chi connectivity index (χ3n) is 0.778. The minimum absolute atomic E-state index is 0.981. The van der Waals surface area contributed by atoms with E-state index in [9.17, 15) is 0 Å². The van der Waals surface area contributed by atoms with Gasteiger partial charge in [0.2, 0.25) is 0 Å². The maximum Gasteiger partial charge on any atom is 0.0855 e. The van der Waals surface area contributed by atoms with Gasteiger partial charge in [0, 0.05) is 5.70 Å². The molecule has 0 saturated carbocycles. The van der Waals surface area contributed by atoms with E-state index in [1.54, 1.807) is 0 Å². The average Bonchev–Trinajstić information content (AvgIpc) is 1.68. The molecule has 0 aromatic heterocycles. The molecular formula is C6H12N2. The second-order valence-electron chi connectivity index (χ2n) is 1.53. The molecule has 0 rings (SSSR count). The van der Waals surface area contributed by atoms with Crippen molar-refractivity contribution in [2.24, 2.45) is 10.7 Å². The van der Waals surface area contributed by atoms with Gasteiger partial charge >= 0.3 is 0 Å². The molecule has 0 aromatic carbocycles. The van der Waals surface area contributed by atoms with Crippen molar-refractivity contribution in [1.82, 2.24) is 0 Å². The van der Waals surface area contributed by atoms with Gasteiger partial charge in [-0.15, -0.1) is 0 Å². The number of aliphatic imine (C=N–C) groups is 1. The molecule has 0 aliphatic heterocycles. The van der Waals surface area contributed by atoms with Crippen LogP contribution in [-0.2, 0) is 0 Å². The highest BCUT2D eigenvalue weighted by atomic mass is 14.8. The number of hydrogen-bond donors (Lipinski definition) is 1. The SMILES string of the molecule is CC/C=C(/C)N=CN. The van der Waals surface area contributed by atoms with Gasteiger partial charge in [0.25, 0.3) is 0 Å². The van der Waals surface area contributed by atoms with E-state index in [0.29, 0.717) is 0 Å². The summed E-state index contributed by atoms with van der Waals surface area (Å²) in [7, 11) is 0. The molecule has 2 N–H and O–H groups in total. The van der Waals surface area contributed by atoms with Crippen LogP contribution in [0.4, 0.5) is 0 Å². The van der Waals surface area contributed by atoms with Crippen LogP contribution >= 0.6 is 0 Å². The van der Waals surface area contributed by atoms with Crippen molar-refractivity contribution in [2.75, 3.05) is 0 Å². The molecule has 46 valence electrons. The molecule has 0 unspecified atom stereocenters. The maximum absolute atomic E-state index is 5.03. The first-order valence-electron chi connectivity index (χ1n) is 2.72. The zero-order valence-electron chi connectivity index (χ0n) is 5.39. The van der Waals surface area contributed by atoms with Crippen molar-refractivity contribution >= 4 is 6.34 Å². The smallest absolute Gasteiger partial charge is 0.0855 e. The Morgan fingerprint density at radius 3 is 2.75 bits per heavy atom. The molecule has 0 heterocycles. The van der Waals surface area contributed by atoms with Crippen molar-refractivity contribution in [1.29, 1.82) is 0 Å². The summed E-state index contributed by atoms with van der Waals surface area (Å²) in [5.41, 5.74) is 6.01. The lowest BCUT2D eigenvalue weighted by Crippen LogP contribution is -1.87. The summed E-state index contributed by atoms with van der Waals surface area (Å²) in [5.74, 6) is 0. The summed E-state index contributed by atoms with van der Waals surface area (Å²) in [6.07, 6.45) is 4.34. The molecule has 0 fully saturated rings. The van der Waals surface area contributed by atoms with E-state index in [0.717, 1.165) is 12.1 Å². The van der Waals surface area contributed by atoms with Crippen molar-refractivity contribution < 1.29 is 0 Å². The van der Waals surface area contributed by atoms with Gasteiger partial charge in [-0.25, -0.2) is 4.99 Å². The zero-order chi connectivity index (χ0) is 6.41. The Morgan fingerprint density at radius 1 is 1.75 bits per heavy atom. The van der Waals surface area contributed by atoms with E-state index in [-0.39, 0.29) is 0 Å². The molecule has 2 heteroatoms. The van der Waals surface area contributed by atoms with Crippen LogP contribution in [0.5, 0.6) is 0 Å². The minimum Gasteiger partial charge on any atom is -0.390 e. The second kappa shape index (κ2) is 4.37. The number of nitrogens with zero attached hydrogens (tertiary/aromatic N) is 1. The Bertz CT molecular complexity index is 103. The van der Waals surface area contributed by atoms with Crippen molar-refractivity contribution in [3.63, 3.8) is 0 Å². The van der Waals surface area contributed by atoms with Crippen LogP contribution in [0.1, 0.15) is 20.3 Å². The van der Waals surface area contributed by atoms with E-state index in [1.807, 2.05) is 13.0 Å². The number of allylic oxidation sites excluding steroid dienone is 2. The summed E-state index contributed by atoms with van der Waals surface area (Å²) in [6.45, 7) is 3.99. The molecule has 0 radical (unpaired) electrons. The van der Waals surface area contributed by atoms with E-state index < -0.39 is 0 Å². The molecule has 0 aromatic rings. The van der Waals surface area contributed by atoms with Crippen LogP contribution in [0.2, 0.25) is 0 Å². The molecule has 0 atom stereocenters. The first-order chi connectivity index (χ1) is 3.81. The van der Waals surface area contributed by atoms with Crippen molar-refractivity contribution in [2.45, 2.75) is 20.3 Å². The predicted molar refractivity (Wildman–Crippen MR) is 36.7 cm³/mol. The monoisotopic (exact) mass is 112 g/mol. The van der Waals surface area contributed by atoms with Gasteiger partial charge < -0.3 is 5.73 Å². The molecular weight excluding hydrogens is 100 g/mol. The average molecular weight is 112 g/mol. The Morgan fingerprint density at radius 2 is 2.38 bits per heavy atom. The zero-order valence-corrected chi connectivity index (χ0v) is 5.39. The molecule has 0 aliphatic carbocycles. The summed E-state index contributed by atoms with van der Waals surface area (Å²) in [6, 6.07) is 0. The Kier molecular flexibility index (Phi) is 3.94. The number of rotatable bonds is 2. The first-order valence-corrected chi connectivity index (χ1v) is 2.72. The van der Waals surface area contributed by atoms with Crippen LogP contribution in [0, 0.1) is 0 Å².